The minimum atomic E-state index is 0.198. The lowest BCUT2D eigenvalue weighted by Crippen LogP contribution is -2.38. The molecule has 0 saturated heterocycles. The molecule has 1 fully saturated rings. The van der Waals surface area contributed by atoms with E-state index in [0.29, 0.717) is 11.3 Å². The Morgan fingerprint density at radius 3 is 2.43 bits per heavy atom. The Kier molecular flexibility index (Phi) is 4.98. The minimum Gasteiger partial charge on any atom is -0.491 e. The average Bonchev–Trinajstić information content (AvgIpc) is 2.38. The topological polar surface area (TPSA) is 35.2 Å². The maximum absolute atomic E-state index is 6.46. The van der Waals surface area contributed by atoms with Crippen LogP contribution in [0, 0.1) is 11.3 Å². The van der Waals surface area contributed by atoms with Crippen LogP contribution >= 0.6 is 0 Å². The molecule has 3 atom stereocenters. The molecule has 0 bridgehead atoms. The second kappa shape index (κ2) is 6.39. The second-order valence-corrected chi connectivity index (χ2v) is 7.85. The van der Waals surface area contributed by atoms with Crippen LogP contribution in [-0.4, -0.2) is 12.1 Å². The fourth-order valence-electron chi connectivity index (χ4n) is 3.49. The largest absolute Gasteiger partial charge is 0.491 e. The molecule has 2 heteroatoms. The Bertz CT molecular complexity index is 461. The van der Waals surface area contributed by atoms with Gasteiger partial charge in [0.1, 0.15) is 5.75 Å². The van der Waals surface area contributed by atoms with E-state index in [2.05, 4.69) is 58.9 Å². The van der Waals surface area contributed by atoms with Crippen molar-refractivity contribution in [3.8, 4) is 5.75 Å². The molecule has 0 aliphatic heterocycles. The van der Waals surface area contributed by atoms with E-state index in [9.17, 15) is 0 Å². The molecule has 0 spiro atoms. The van der Waals surface area contributed by atoms with Crippen molar-refractivity contribution in [2.75, 3.05) is 0 Å². The lowest BCUT2D eigenvalue weighted by Gasteiger charge is -2.41. The van der Waals surface area contributed by atoms with Crippen LogP contribution in [-0.2, 0) is 0 Å². The molecule has 0 radical (unpaired) electrons. The van der Waals surface area contributed by atoms with Gasteiger partial charge in [0, 0.05) is 12.0 Å². The molecule has 1 aliphatic rings. The first-order valence-electron chi connectivity index (χ1n) is 8.30. The monoisotopic (exact) mass is 289 g/mol. The average molecular weight is 289 g/mol. The van der Waals surface area contributed by atoms with Gasteiger partial charge in [-0.15, -0.1) is 0 Å². The minimum absolute atomic E-state index is 0.198. The van der Waals surface area contributed by atoms with Crippen molar-refractivity contribution in [1.82, 2.24) is 0 Å². The number of rotatable bonds is 3. The van der Waals surface area contributed by atoms with Gasteiger partial charge in [-0.25, -0.2) is 0 Å². The van der Waals surface area contributed by atoms with Crippen molar-refractivity contribution >= 4 is 0 Å². The first-order valence-corrected chi connectivity index (χ1v) is 8.30. The maximum Gasteiger partial charge on any atom is 0.123 e. The summed E-state index contributed by atoms with van der Waals surface area (Å²) in [6.07, 6.45) is 3.73. The third-order valence-electron chi connectivity index (χ3n) is 4.81. The molecule has 2 N–H and O–H groups in total. The van der Waals surface area contributed by atoms with Crippen molar-refractivity contribution in [2.24, 2.45) is 17.1 Å². The molecular formula is C19H31NO. The lowest BCUT2D eigenvalue weighted by atomic mass is 9.66. The van der Waals surface area contributed by atoms with Gasteiger partial charge in [0.05, 0.1) is 6.10 Å². The number of benzene rings is 1. The van der Waals surface area contributed by atoms with Crippen LogP contribution in [0.25, 0.3) is 0 Å². The van der Waals surface area contributed by atoms with Crippen LogP contribution in [0.2, 0.25) is 0 Å². The smallest absolute Gasteiger partial charge is 0.123 e. The predicted molar refractivity (Wildman–Crippen MR) is 89.7 cm³/mol. The van der Waals surface area contributed by atoms with Gasteiger partial charge < -0.3 is 10.5 Å². The number of hydrogen-bond acceptors (Lipinski definition) is 2. The number of nitrogens with two attached hydrogens (primary N) is 1. The maximum atomic E-state index is 6.46. The summed E-state index contributed by atoms with van der Waals surface area (Å²) in [5.41, 5.74) is 8.11. The molecule has 0 amide bonds. The standard InChI is InChI=1S/C19H31NO/c1-13(2)21-18-9-7-6-8-15(18)16-12-14(19(3,4)5)10-11-17(16)20/h6-9,13-14,16-17H,10-12,20H2,1-5H3. The van der Waals surface area contributed by atoms with Crippen LogP contribution in [0.3, 0.4) is 0 Å². The Balaban J connectivity index is 2.26. The van der Waals surface area contributed by atoms with E-state index in [4.69, 9.17) is 10.5 Å². The summed E-state index contributed by atoms with van der Waals surface area (Å²) in [6.45, 7) is 11.2. The second-order valence-electron chi connectivity index (χ2n) is 7.85. The molecule has 2 nitrogen and oxygen atoms in total. The molecule has 1 aromatic rings. The molecule has 1 aromatic carbocycles. The normalized spacial score (nSPS) is 26.9. The van der Waals surface area contributed by atoms with Gasteiger partial charge in [-0.3, -0.25) is 0 Å². The summed E-state index contributed by atoms with van der Waals surface area (Å²) >= 11 is 0. The van der Waals surface area contributed by atoms with Crippen LogP contribution < -0.4 is 10.5 Å². The molecule has 21 heavy (non-hydrogen) atoms. The van der Waals surface area contributed by atoms with Crippen molar-refractivity contribution in [3.05, 3.63) is 29.8 Å². The van der Waals surface area contributed by atoms with Crippen molar-refractivity contribution in [2.45, 2.75) is 71.9 Å². The Hall–Kier alpha value is -1.02. The molecule has 0 heterocycles. The number of hydrogen-bond donors (Lipinski definition) is 1. The van der Waals surface area contributed by atoms with Gasteiger partial charge >= 0.3 is 0 Å². The highest BCUT2D eigenvalue weighted by atomic mass is 16.5. The molecule has 0 aromatic heterocycles. The Morgan fingerprint density at radius 1 is 1.14 bits per heavy atom. The van der Waals surface area contributed by atoms with Crippen LogP contribution in [0.1, 0.15) is 65.4 Å². The molecule has 1 saturated carbocycles. The number of para-hydroxylation sites is 1. The fourth-order valence-corrected chi connectivity index (χ4v) is 3.49. The van der Waals surface area contributed by atoms with E-state index in [1.54, 1.807) is 0 Å². The van der Waals surface area contributed by atoms with Crippen LogP contribution in [0.4, 0.5) is 0 Å². The van der Waals surface area contributed by atoms with Gasteiger partial charge in [-0.2, -0.15) is 0 Å². The zero-order chi connectivity index (χ0) is 15.6. The third-order valence-corrected chi connectivity index (χ3v) is 4.81. The summed E-state index contributed by atoms with van der Waals surface area (Å²) in [6, 6.07) is 8.70. The van der Waals surface area contributed by atoms with E-state index in [-0.39, 0.29) is 12.1 Å². The highest BCUT2D eigenvalue weighted by Gasteiger charge is 2.36. The summed E-state index contributed by atoms with van der Waals surface area (Å²) in [5, 5.41) is 0. The third kappa shape index (κ3) is 4.00. The predicted octanol–water partition coefficient (Wildman–Crippen LogP) is 4.73. The van der Waals surface area contributed by atoms with E-state index in [1.807, 2.05) is 0 Å². The van der Waals surface area contributed by atoms with Gasteiger partial charge in [0.25, 0.3) is 0 Å². The summed E-state index contributed by atoms with van der Waals surface area (Å²) in [7, 11) is 0. The number of ether oxygens (including phenoxy) is 1. The molecule has 2 rings (SSSR count). The highest BCUT2D eigenvalue weighted by molar-refractivity contribution is 5.37. The van der Waals surface area contributed by atoms with Crippen molar-refractivity contribution in [3.63, 3.8) is 0 Å². The van der Waals surface area contributed by atoms with E-state index in [1.165, 1.54) is 18.4 Å². The van der Waals surface area contributed by atoms with Crippen LogP contribution in [0.15, 0.2) is 24.3 Å². The van der Waals surface area contributed by atoms with Gasteiger partial charge in [0.2, 0.25) is 0 Å². The SMILES string of the molecule is CC(C)Oc1ccccc1C1CC(C(C)(C)C)CCC1N. The molecule has 3 unspecified atom stereocenters. The molecule has 1 aliphatic carbocycles. The van der Waals surface area contributed by atoms with E-state index < -0.39 is 0 Å². The lowest BCUT2D eigenvalue weighted by molar-refractivity contribution is 0.151. The zero-order valence-corrected chi connectivity index (χ0v) is 14.2. The zero-order valence-electron chi connectivity index (χ0n) is 14.2. The van der Waals surface area contributed by atoms with Gasteiger partial charge in [-0.05, 0) is 56.1 Å². The quantitative estimate of drug-likeness (QED) is 0.873. The van der Waals surface area contributed by atoms with Crippen molar-refractivity contribution in [1.29, 1.82) is 0 Å². The summed E-state index contributed by atoms with van der Waals surface area (Å²) < 4.78 is 6.01. The van der Waals surface area contributed by atoms with E-state index in [0.717, 1.165) is 18.1 Å². The molecular weight excluding hydrogens is 258 g/mol. The summed E-state index contributed by atoms with van der Waals surface area (Å²) in [5.74, 6) is 2.16. The van der Waals surface area contributed by atoms with Gasteiger partial charge in [0.15, 0.2) is 0 Å². The Labute approximate surface area is 130 Å². The van der Waals surface area contributed by atoms with E-state index >= 15 is 0 Å². The van der Waals surface area contributed by atoms with Gasteiger partial charge in [-0.1, -0.05) is 39.0 Å². The van der Waals surface area contributed by atoms with Crippen LogP contribution in [0.5, 0.6) is 5.75 Å². The summed E-state index contributed by atoms with van der Waals surface area (Å²) in [4.78, 5) is 0. The fraction of sp³-hybridized carbons (Fsp3) is 0.684. The Morgan fingerprint density at radius 2 is 1.81 bits per heavy atom. The van der Waals surface area contributed by atoms with Crippen molar-refractivity contribution < 1.29 is 4.74 Å². The highest BCUT2D eigenvalue weighted by Crippen LogP contribution is 2.45. The molecule has 118 valence electrons. The first-order chi connectivity index (χ1) is 9.79. The first kappa shape index (κ1) is 16.4.